The average molecular weight is 705 g/mol. The maximum Gasteiger partial charge on any atom is 0.160 e. The number of hydrogen-bond donors (Lipinski definition) is 0. The van der Waals surface area contributed by atoms with Gasteiger partial charge in [0.15, 0.2) is 5.82 Å². The smallest absolute Gasteiger partial charge is 0.160 e. The van der Waals surface area contributed by atoms with Gasteiger partial charge in [0.2, 0.25) is 0 Å². The summed E-state index contributed by atoms with van der Waals surface area (Å²) in [4.78, 5) is 13.1. The van der Waals surface area contributed by atoms with E-state index in [-0.39, 0.29) is 0 Å². The van der Waals surface area contributed by atoms with E-state index in [2.05, 4.69) is 188 Å². The molecule has 8 aromatic carbocycles. The van der Waals surface area contributed by atoms with Crippen molar-refractivity contribution in [1.82, 2.24) is 9.97 Å². The number of aromatic nitrogens is 2. The van der Waals surface area contributed by atoms with Crippen molar-refractivity contribution in [3.63, 3.8) is 0 Å². The van der Waals surface area contributed by atoms with Gasteiger partial charge in [-0.25, -0.2) is 9.97 Å². The van der Waals surface area contributed by atoms with Gasteiger partial charge in [-0.3, -0.25) is 0 Å². The van der Waals surface area contributed by atoms with E-state index in [4.69, 9.17) is 9.97 Å². The highest BCUT2D eigenvalue weighted by Crippen LogP contribution is 2.62. The zero-order valence-corrected chi connectivity index (χ0v) is 30.1. The molecule has 11 rings (SSSR count). The molecule has 3 heteroatoms. The molecule has 2 aliphatic rings. The van der Waals surface area contributed by atoms with Crippen LogP contribution >= 0.6 is 11.8 Å². The maximum absolute atomic E-state index is 5.30. The molecule has 0 bridgehead atoms. The summed E-state index contributed by atoms with van der Waals surface area (Å²) in [6.07, 6.45) is 0. The SMILES string of the molecule is c1ccc(-c2nc(-c3ccccc3-c3ccc4c(c3)C3(c5ccccc5S4)c4ccccc4-c4ccccc43)cc(-c3cccc4ccccc34)n2)cc1. The first-order valence-corrected chi connectivity index (χ1v) is 19.2. The number of benzene rings is 8. The Balaban J connectivity index is 1.15. The first-order chi connectivity index (χ1) is 26.8. The first-order valence-electron chi connectivity index (χ1n) is 18.4. The third-order valence-electron chi connectivity index (χ3n) is 11.2. The lowest BCUT2D eigenvalue weighted by atomic mass is 9.67. The van der Waals surface area contributed by atoms with Gasteiger partial charge >= 0.3 is 0 Å². The summed E-state index contributed by atoms with van der Waals surface area (Å²) in [5, 5.41) is 2.36. The molecular weight excluding hydrogens is 673 g/mol. The van der Waals surface area contributed by atoms with Gasteiger partial charge in [0.1, 0.15) is 0 Å². The van der Waals surface area contributed by atoms with Crippen LogP contribution < -0.4 is 0 Å². The fourth-order valence-corrected chi connectivity index (χ4v) is 10.0. The van der Waals surface area contributed by atoms with Crippen LogP contribution in [0.25, 0.3) is 66.9 Å². The fourth-order valence-electron chi connectivity index (χ4n) is 8.87. The van der Waals surface area contributed by atoms with Gasteiger partial charge in [0, 0.05) is 26.5 Å². The van der Waals surface area contributed by atoms with E-state index >= 15 is 0 Å². The van der Waals surface area contributed by atoms with Crippen molar-refractivity contribution in [2.45, 2.75) is 15.2 Å². The van der Waals surface area contributed by atoms with Crippen LogP contribution in [0, 0.1) is 0 Å². The van der Waals surface area contributed by atoms with Gasteiger partial charge in [-0.2, -0.15) is 0 Å². The van der Waals surface area contributed by atoms with Crippen LogP contribution in [0.3, 0.4) is 0 Å². The standard InChI is InChI=1S/C51H32N2S/c1-2-16-34(17-3-1)50-52-46(32-47(53-50)41-24-14-18-33-15-4-5-19-36(33)41)40-23-7-6-20-37(40)35-29-30-49-45(31-35)51(44-27-12-13-28-48(44)54-49)42-25-10-8-21-38(42)39-22-9-11-26-43(39)51/h1-32H. The molecule has 252 valence electrons. The summed E-state index contributed by atoms with van der Waals surface area (Å²) in [6, 6.07) is 70.3. The molecule has 0 amide bonds. The van der Waals surface area contributed by atoms with Crippen molar-refractivity contribution in [2.75, 3.05) is 0 Å². The second kappa shape index (κ2) is 12.3. The van der Waals surface area contributed by atoms with Gasteiger partial charge in [0.05, 0.1) is 16.8 Å². The highest BCUT2D eigenvalue weighted by molar-refractivity contribution is 7.99. The summed E-state index contributed by atoms with van der Waals surface area (Å²) in [6.45, 7) is 0. The monoisotopic (exact) mass is 704 g/mol. The lowest BCUT2D eigenvalue weighted by Gasteiger charge is -2.40. The van der Waals surface area contributed by atoms with E-state index in [9.17, 15) is 0 Å². The molecule has 54 heavy (non-hydrogen) atoms. The summed E-state index contributed by atoms with van der Waals surface area (Å²) < 4.78 is 0. The molecule has 0 saturated heterocycles. The van der Waals surface area contributed by atoms with E-state index in [1.165, 1.54) is 53.9 Å². The minimum atomic E-state index is -0.438. The van der Waals surface area contributed by atoms with Crippen LogP contribution in [0.1, 0.15) is 22.3 Å². The first kappa shape index (κ1) is 31.0. The highest BCUT2D eigenvalue weighted by atomic mass is 32.2. The number of fused-ring (bicyclic) bond motifs is 10. The Morgan fingerprint density at radius 2 is 0.907 bits per heavy atom. The van der Waals surface area contributed by atoms with E-state index < -0.39 is 5.41 Å². The summed E-state index contributed by atoms with van der Waals surface area (Å²) >= 11 is 1.88. The van der Waals surface area contributed by atoms with Gasteiger partial charge in [-0.05, 0) is 79.5 Å². The Morgan fingerprint density at radius 1 is 0.352 bits per heavy atom. The molecule has 0 saturated carbocycles. The quantitative estimate of drug-likeness (QED) is 0.182. The Hall–Kier alpha value is -6.55. The second-order valence-electron chi connectivity index (χ2n) is 14.1. The maximum atomic E-state index is 5.30. The predicted molar refractivity (Wildman–Crippen MR) is 223 cm³/mol. The minimum absolute atomic E-state index is 0.438. The van der Waals surface area contributed by atoms with Crippen molar-refractivity contribution >= 4 is 22.5 Å². The Bertz CT molecular complexity index is 2880. The average Bonchev–Trinajstić information content (AvgIpc) is 3.54. The Labute approximate surface area is 318 Å². The minimum Gasteiger partial charge on any atom is -0.228 e. The largest absolute Gasteiger partial charge is 0.228 e. The summed E-state index contributed by atoms with van der Waals surface area (Å²) in [7, 11) is 0. The molecule has 9 aromatic rings. The van der Waals surface area contributed by atoms with Crippen LogP contribution in [0.2, 0.25) is 0 Å². The van der Waals surface area contributed by atoms with Crippen LogP contribution in [0.4, 0.5) is 0 Å². The fraction of sp³-hybridized carbons (Fsp3) is 0.0196. The van der Waals surface area contributed by atoms with Crippen molar-refractivity contribution in [1.29, 1.82) is 0 Å². The zero-order chi connectivity index (χ0) is 35.6. The van der Waals surface area contributed by atoms with Crippen molar-refractivity contribution in [2.24, 2.45) is 0 Å². The van der Waals surface area contributed by atoms with Gasteiger partial charge in [0.25, 0.3) is 0 Å². The third-order valence-corrected chi connectivity index (χ3v) is 12.3. The zero-order valence-electron chi connectivity index (χ0n) is 29.3. The summed E-state index contributed by atoms with van der Waals surface area (Å²) in [5.41, 5.74) is 14.8. The lowest BCUT2D eigenvalue weighted by molar-refractivity contribution is 0.723. The van der Waals surface area contributed by atoms with Crippen molar-refractivity contribution in [3.05, 3.63) is 216 Å². The number of rotatable bonds is 4. The van der Waals surface area contributed by atoms with Crippen LogP contribution in [0.15, 0.2) is 204 Å². The molecule has 0 fully saturated rings. The normalized spacial score (nSPS) is 13.3. The molecule has 1 spiro atoms. The topological polar surface area (TPSA) is 25.8 Å². The van der Waals surface area contributed by atoms with Gasteiger partial charge < -0.3 is 0 Å². The van der Waals surface area contributed by atoms with Crippen molar-refractivity contribution in [3.8, 4) is 56.2 Å². The van der Waals surface area contributed by atoms with Crippen LogP contribution in [-0.2, 0) is 5.41 Å². The van der Waals surface area contributed by atoms with E-state index in [0.29, 0.717) is 5.82 Å². The molecule has 0 unspecified atom stereocenters. The number of hydrogen-bond acceptors (Lipinski definition) is 3. The van der Waals surface area contributed by atoms with Crippen molar-refractivity contribution < 1.29 is 0 Å². The molecule has 0 atom stereocenters. The highest BCUT2D eigenvalue weighted by Gasteiger charge is 2.50. The molecule has 1 aliphatic heterocycles. The second-order valence-corrected chi connectivity index (χ2v) is 15.1. The van der Waals surface area contributed by atoms with Gasteiger partial charge in [-0.15, -0.1) is 0 Å². The third kappa shape index (κ3) is 4.62. The summed E-state index contributed by atoms with van der Waals surface area (Å²) in [5.74, 6) is 0.711. The number of nitrogens with zero attached hydrogens (tertiary/aromatic N) is 2. The molecule has 1 aromatic heterocycles. The molecule has 0 N–H and O–H groups in total. The molecular formula is C51H32N2S. The van der Waals surface area contributed by atoms with Gasteiger partial charge in [-0.1, -0.05) is 182 Å². The molecule has 2 heterocycles. The van der Waals surface area contributed by atoms with E-state index in [0.717, 1.165) is 39.2 Å². The molecule has 1 aliphatic carbocycles. The molecule has 2 nitrogen and oxygen atoms in total. The molecule has 0 radical (unpaired) electrons. The van der Waals surface area contributed by atoms with Crippen LogP contribution in [-0.4, -0.2) is 9.97 Å². The Kier molecular flexibility index (Phi) is 7.05. The predicted octanol–water partition coefficient (Wildman–Crippen LogP) is 13.1. The van der Waals surface area contributed by atoms with Crippen LogP contribution in [0.5, 0.6) is 0 Å². The Morgan fingerprint density at radius 3 is 1.69 bits per heavy atom. The lowest BCUT2D eigenvalue weighted by Crippen LogP contribution is -2.32. The van der Waals surface area contributed by atoms with E-state index in [1.54, 1.807) is 0 Å². The van der Waals surface area contributed by atoms with E-state index in [1.807, 2.05) is 17.8 Å².